The first kappa shape index (κ1) is 22.9. The molecule has 0 spiro atoms. The lowest BCUT2D eigenvalue weighted by Gasteiger charge is -2.10. The fourth-order valence-corrected chi connectivity index (χ4v) is 2.43. The highest BCUT2D eigenvalue weighted by Crippen LogP contribution is 2.18. The number of anilines is 1. The van der Waals surface area contributed by atoms with E-state index in [2.05, 4.69) is 25.9 Å². The molecule has 0 atom stereocenters. The van der Waals surface area contributed by atoms with Gasteiger partial charge in [0.1, 0.15) is 6.61 Å². The van der Waals surface area contributed by atoms with E-state index in [-0.39, 0.29) is 12.3 Å². The van der Waals surface area contributed by atoms with Gasteiger partial charge in [-0.2, -0.15) is 5.10 Å². The second-order valence-electron chi connectivity index (χ2n) is 6.14. The van der Waals surface area contributed by atoms with Gasteiger partial charge in [0.05, 0.1) is 11.4 Å². The van der Waals surface area contributed by atoms with Gasteiger partial charge in [-0.05, 0) is 59.4 Å². The van der Waals surface area contributed by atoms with Crippen molar-refractivity contribution in [2.75, 3.05) is 5.43 Å². The van der Waals surface area contributed by atoms with Crippen molar-refractivity contribution in [3.63, 3.8) is 0 Å². The first-order valence-electron chi connectivity index (χ1n) is 9.12. The van der Waals surface area contributed by atoms with Gasteiger partial charge >= 0.3 is 6.09 Å². The molecular weight excluding hydrogens is 400 g/mol. The Labute approximate surface area is 178 Å². The average Bonchev–Trinajstić information content (AvgIpc) is 2.77. The van der Waals surface area contributed by atoms with E-state index in [1.54, 1.807) is 55.6 Å². The van der Waals surface area contributed by atoms with E-state index in [0.717, 1.165) is 16.8 Å². The van der Waals surface area contributed by atoms with Crippen molar-refractivity contribution < 1.29 is 19.1 Å². The number of Topliss-reactive ketones (excluding diaryl/α,β-unsaturated/α-hetero) is 1. The number of ether oxygens (including phenoxy) is 1. The molecule has 0 aliphatic rings. The van der Waals surface area contributed by atoms with Gasteiger partial charge in [-0.25, -0.2) is 4.79 Å². The molecule has 0 aromatic heterocycles. The third-order valence-electron chi connectivity index (χ3n) is 3.90. The highest BCUT2D eigenvalue weighted by molar-refractivity contribution is 6.44. The van der Waals surface area contributed by atoms with Crippen molar-refractivity contribution >= 4 is 35.8 Å². The fraction of sp³-hybridized carbons (Fsp3) is 0.143. The van der Waals surface area contributed by atoms with Crippen LogP contribution in [0.1, 0.15) is 23.6 Å². The van der Waals surface area contributed by atoms with Gasteiger partial charge in [0.15, 0.2) is 0 Å². The Morgan fingerprint density at radius 3 is 2.55 bits per heavy atom. The largest absolute Gasteiger partial charge is 0.444 e. The van der Waals surface area contributed by atoms with E-state index in [0.29, 0.717) is 5.56 Å². The Bertz CT molecular complexity index is 1070. The lowest BCUT2D eigenvalue weighted by Crippen LogP contribution is -2.30. The smallest absolute Gasteiger partial charge is 0.412 e. The zero-order chi connectivity index (χ0) is 22.6. The number of alkyl carbamates (subject to hydrolysis) is 1. The first-order chi connectivity index (χ1) is 14.9. The van der Waals surface area contributed by atoms with Crippen molar-refractivity contribution in [2.45, 2.75) is 20.5 Å². The van der Waals surface area contributed by atoms with E-state index in [9.17, 15) is 14.4 Å². The third kappa shape index (κ3) is 7.15. The van der Waals surface area contributed by atoms with E-state index in [1.807, 2.05) is 13.0 Å². The summed E-state index contributed by atoms with van der Waals surface area (Å²) >= 11 is 0. The first-order valence-corrected chi connectivity index (χ1v) is 9.12. The van der Waals surface area contributed by atoms with Gasteiger partial charge in [0.2, 0.25) is 0 Å². The maximum atomic E-state index is 12.4. The van der Waals surface area contributed by atoms with Crippen LogP contribution in [0, 0.1) is 6.92 Å². The molecule has 10 nitrogen and oxygen atoms in total. The zero-order valence-corrected chi connectivity index (χ0v) is 16.9. The maximum Gasteiger partial charge on any atom is 0.412 e. The summed E-state index contributed by atoms with van der Waals surface area (Å²) < 4.78 is 5.09. The van der Waals surface area contributed by atoms with Crippen molar-refractivity contribution in [2.24, 2.45) is 10.2 Å². The van der Waals surface area contributed by atoms with Crippen LogP contribution in [0.4, 0.5) is 10.5 Å². The molecule has 10 heteroatoms. The number of carbonyl (C=O) groups is 3. The molecular formula is C21H20N6O4. The Hall–Kier alpha value is -4.43. The molecule has 31 heavy (non-hydrogen) atoms. The van der Waals surface area contributed by atoms with Crippen LogP contribution in [0.15, 0.2) is 64.4 Å². The van der Waals surface area contributed by atoms with Crippen LogP contribution in [-0.2, 0) is 20.9 Å². The summed E-state index contributed by atoms with van der Waals surface area (Å²) in [5.74, 6) is -2.53. The molecule has 0 aliphatic carbocycles. The molecule has 0 aliphatic heterocycles. The van der Waals surface area contributed by atoms with Crippen molar-refractivity contribution in [3.8, 4) is 0 Å². The summed E-state index contributed by atoms with van der Waals surface area (Å²) in [7, 11) is 0. The van der Waals surface area contributed by atoms with Gasteiger partial charge < -0.3 is 4.74 Å². The van der Waals surface area contributed by atoms with E-state index in [1.165, 1.54) is 6.08 Å². The summed E-state index contributed by atoms with van der Waals surface area (Å²) in [5, 5.41) is 8.98. The van der Waals surface area contributed by atoms with Crippen molar-refractivity contribution in [3.05, 3.63) is 81.4 Å². The third-order valence-corrected chi connectivity index (χ3v) is 3.90. The Balaban J connectivity index is 2.24. The van der Waals surface area contributed by atoms with Crippen LogP contribution in [-0.4, -0.2) is 24.0 Å². The second kappa shape index (κ2) is 11.5. The second-order valence-corrected chi connectivity index (χ2v) is 6.14. The number of benzene rings is 2. The molecule has 2 N–H and O–H groups in total. The van der Waals surface area contributed by atoms with E-state index < -0.39 is 17.8 Å². The van der Waals surface area contributed by atoms with Crippen LogP contribution in [0.5, 0.6) is 0 Å². The number of rotatable bonds is 8. The van der Waals surface area contributed by atoms with Crippen molar-refractivity contribution in [1.29, 1.82) is 0 Å². The Kier molecular flexibility index (Phi) is 8.51. The number of nitrogens with zero attached hydrogens (tertiary/aromatic N) is 4. The summed E-state index contributed by atoms with van der Waals surface area (Å²) in [6.07, 6.45) is 1.94. The fourth-order valence-electron chi connectivity index (χ4n) is 2.43. The van der Waals surface area contributed by atoms with Gasteiger partial charge in [-0.15, -0.1) is 0 Å². The van der Waals surface area contributed by atoms with Crippen LogP contribution in [0.3, 0.4) is 0 Å². The highest BCUT2D eigenvalue weighted by Gasteiger charge is 2.20. The SMILES string of the molecule is C/C=N\Nc1ccc(/C=C(\NC(=O)OCc2ccccc2)C(=O)C(=O)N=[N+]=[N-])cc1C. The molecule has 0 fully saturated rings. The number of hydrazone groups is 1. The van der Waals surface area contributed by atoms with Gasteiger partial charge in [0, 0.05) is 11.1 Å². The van der Waals surface area contributed by atoms with Crippen LogP contribution < -0.4 is 10.7 Å². The number of azide groups is 1. The Morgan fingerprint density at radius 1 is 1.16 bits per heavy atom. The monoisotopic (exact) mass is 420 g/mol. The molecule has 0 radical (unpaired) electrons. The maximum absolute atomic E-state index is 12.4. The van der Waals surface area contributed by atoms with Crippen LogP contribution in [0.25, 0.3) is 16.5 Å². The number of ketones is 1. The number of carbonyl (C=O) groups excluding carboxylic acids is 3. The number of amides is 2. The normalized spacial score (nSPS) is 10.8. The topological polar surface area (TPSA) is 146 Å². The molecule has 2 aromatic carbocycles. The number of hydrogen-bond acceptors (Lipinski definition) is 6. The minimum atomic E-state index is -1.36. The predicted octanol–water partition coefficient (Wildman–Crippen LogP) is 4.09. The summed E-state index contributed by atoms with van der Waals surface area (Å²) in [5.41, 5.74) is 13.7. The molecule has 2 amide bonds. The lowest BCUT2D eigenvalue weighted by atomic mass is 10.1. The van der Waals surface area contributed by atoms with E-state index >= 15 is 0 Å². The summed E-state index contributed by atoms with van der Waals surface area (Å²) in [4.78, 5) is 38.6. The molecule has 0 saturated heterocycles. The lowest BCUT2D eigenvalue weighted by molar-refractivity contribution is -0.133. The van der Waals surface area contributed by atoms with Crippen LogP contribution in [0.2, 0.25) is 0 Å². The van der Waals surface area contributed by atoms with Gasteiger partial charge in [-0.3, -0.25) is 20.3 Å². The zero-order valence-electron chi connectivity index (χ0n) is 16.9. The molecule has 158 valence electrons. The van der Waals surface area contributed by atoms with Gasteiger partial charge in [0.25, 0.3) is 11.7 Å². The number of nitrogens with one attached hydrogen (secondary N) is 2. The van der Waals surface area contributed by atoms with E-state index in [4.69, 9.17) is 10.3 Å². The van der Waals surface area contributed by atoms with Crippen molar-refractivity contribution in [1.82, 2.24) is 5.32 Å². The Morgan fingerprint density at radius 2 is 1.90 bits per heavy atom. The minimum Gasteiger partial charge on any atom is -0.444 e. The van der Waals surface area contributed by atoms with Gasteiger partial charge in [-0.1, -0.05) is 36.4 Å². The predicted molar refractivity (Wildman–Crippen MR) is 116 cm³/mol. The molecule has 0 unspecified atom stereocenters. The summed E-state index contributed by atoms with van der Waals surface area (Å²) in [6, 6.07) is 14.0. The molecule has 0 bridgehead atoms. The van der Waals surface area contributed by atoms with Crippen LogP contribution >= 0.6 is 0 Å². The number of hydrogen-bond donors (Lipinski definition) is 2. The quantitative estimate of drug-likeness (QED) is 0.126. The molecule has 2 aromatic rings. The number of aryl methyl sites for hydroxylation is 1. The molecule has 0 saturated carbocycles. The highest BCUT2D eigenvalue weighted by atomic mass is 16.5. The average molecular weight is 420 g/mol. The molecule has 2 rings (SSSR count). The molecule has 0 heterocycles. The standard InChI is InChI=1S/C21H20N6O4/c1-3-23-25-17-10-9-16(11-14(17)2)12-18(19(28)20(29)26-27-22)24-21(30)31-13-15-7-5-4-6-8-15/h3-12,25H,13H2,1-2H3,(H,24,30)/b18-12-,23-3-. The summed E-state index contributed by atoms with van der Waals surface area (Å²) in [6.45, 7) is 3.55. The minimum absolute atomic E-state index is 0.0319.